The van der Waals surface area contributed by atoms with Crippen molar-refractivity contribution in [2.45, 2.75) is 6.42 Å². The first-order valence-electron chi connectivity index (χ1n) is 7.53. The summed E-state index contributed by atoms with van der Waals surface area (Å²) in [5.74, 6) is -0.392. The lowest BCUT2D eigenvalue weighted by Crippen LogP contribution is -2.42. The van der Waals surface area contributed by atoms with E-state index in [1.165, 1.54) is 0 Å². The van der Waals surface area contributed by atoms with Crippen molar-refractivity contribution in [3.63, 3.8) is 0 Å². The molecule has 0 spiro atoms. The molecule has 2 amide bonds. The van der Waals surface area contributed by atoms with Crippen LogP contribution in [0.15, 0.2) is 24.3 Å². The van der Waals surface area contributed by atoms with Gasteiger partial charge in [0.25, 0.3) is 5.91 Å². The fourth-order valence-electron chi connectivity index (χ4n) is 2.45. The van der Waals surface area contributed by atoms with E-state index in [4.69, 9.17) is 11.6 Å². The van der Waals surface area contributed by atoms with E-state index >= 15 is 0 Å². The summed E-state index contributed by atoms with van der Waals surface area (Å²) >= 11 is 5.83. The van der Waals surface area contributed by atoms with Gasteiger partial charge in [0.2, 0.25) is 15.9 Å². The van der Waals surface area contributed by atoms with Crippen LogP contribution in [0.5, 0.6) is 0 Å². The Morgan fingerprint density at radius 3 is 2.29 bits per heavy atom. The molecule has 0 saturated carbocycles. The third kappa shape index (κ3) is 5.47. The molecular weight excluding hydrogens is 354 g/mol. The van der Waals surface area contributed by atoms with Gasteiger partial charge in [-0.05, 0) is 30.7 Å². The number of halogens is 1. The Morgan fingerprint density at radius 1 is 1.08 bits per heavy atom. The third-order valence-electron chi connectivity index (χ3n) is 3.71. The lowest BCUT2D eigenvalue weighted by molar-refractivity contribution is -0.129. The maximum atomic E-state index is 12.5. The molecule has 0 aliphatic carbocycles. The van der Waals surface area contributed by atoms with Crippen LogP contribution in [-0.2, 0) is 14.8 Å². The van der Waals surface area contributed by atoms with Crippen molar-refractivity contribution < 1.29 is 18.0 Å². The van der Waals surface area contributed by atoms with Crippen LogP contribution in [0.4, 0.5) is 0 Å². The molecule has 1 aromatic rings. The van der Waals surface area contributed by atoms with Crippen LogP contribution in [-0.4, -0.2) is 69.0 Å². The van der Waals surface area contributed by atoms with Gasteiger partial charge >= 0.3 is 0 Å². The lowest BCUT2D eigenvalue weighted by Gasteiger charge is -2.22. The molecule has 1 heterocycles. The fourth-order valence-corrected chi connectivity index (χ4v) is 2.96. The van der Waals surface area contributed by atoms with Crippen LogP contribution in [0.25, 0.3) is 0 Å². The van der Waals surface area contributed by atoms with Crippen LogP contribution in [0.1, 0.15) is 16.8 Å². The number of nitrogens with one attached hydrogen (secondary N) is 1. The van der Waals surface area contributed by atoms with Gasteiger partial charge in [-0.25, -0.2) is 13.1 Å². The molecule has 1 N–H and O–H groups in total. The van der Waals surface area contributed by atoms with Gasteiger partial charge in [0.1, 0.15) is 0 Å². The van der Waals surface area contributed by atoms with Gasteiger partial charge in [0, 0.05) is 36.8 Å². The zero-order valence-corrected chi connectivity index (χ0v) is 14.9. The van der Waals surface area contributed by atoms with Gasteiger partial charge in [-0.2, -0.15) is 0 Å². The second-order valence-corrected chi connectivity index (χ2v) is 7.90. The van der Waals surface area contributed by atoms with Crippen LogP contribution < -0.4 is 4.72 Å². The number of nitrogens with zero attached hydrogens (tertiary/aromatic N) is 2. The molecule has 9 heteroatoms. The second-order valence-electron chi connectivity index (χ2n) is 5.63. The molecule has 7 nitrogen and oxygen atoms in total. The lowest BCUT2D eigenvalue weighted by atomic mass is 10.2. The van der Waals surface area contributed by atoms with Crippen molar-refractivity contribution in [2.24, 2.45) is 0 Å². The van der Waals surface area contributed by atoms with E-state index in [0.29, 0.717) is 43.2 Å². The first-order chi connectivity index (χ1) is 11.3. The molecule has 1 aliphatic rings. The summed E-state index contributed by atoms with van der Waals surface area (Å²) in [6, 6.07) is 6.68. The van der Waals surface area contributed by atoms with E-state index in [1.807, 2.05) is 0 Å². The highest BCUT2D eigenvalue weighted by molar-refractivity contribution is 7.88. The van der Waals surface area contributed by atoms with E-state index in [1.54, 1.807) is 34.1 Å². The monoisotopic (exact) mass is 373 g/mol. The van der Waals surface area contributed by atoms with Crippen molar-refractivity contribution in [2.75, 3.05) is 39.0 Å². The van der Waals surface area contributed by atoms with Gasteiger partial charge in [-0.15, -0.1) is 0 Å². The van der Waals surface area contributed by atoms with E-state index in [0.717, 1.165) is 6.26 Å². The van der Waals surface area contributed by atoms with Crippen LogP contribution in [0.2, 0.25) is 5.02 Å². The minimum Gasteiger partial charge on any atom is -0.340 e. The molecule has 24 heavy (non-hydrogen) atoms. The molecule has 1 saturated heterocycles. The smallest absolute Gasteiger partial charge is 0.253 e. The van der Waals surface area contributed by atoms with Crippen molar-refractivity contribution in [3.05, 3.63) is 34.9 Å². The van der Waals surface area contributed by atoms with Crippen molar-refractivity contribution in [1.82, 2.24) is 14.5 Å². The topological polar surface area (TPSA) is 86.8 Å². The number of amides is 2. The first kappa shape index (κ1) is 18.7. The Morgan fingerprint density at radius 2 is 1.67 bits per heavy atom. The summed E-state index contributed by atoms with van der Waals surface area (Å²) in [6.45, 7) is 1.57. The van der Waals surface area contributed by atoms with Gasteiger partial charge in [0.15, 0.2) is 0 Å². The number of benzene rings is 1. The summed E-state index contributed by atoms with van der Waals surface area (Å²) in [4.78, 5) is 27.8. The predicted octanol–water partition coefficient (Wildman–Crippen LogP) is 0.564. The summed E-state index contributed by atoms with van der Waals surface area (Å²) in [5, 5.41) is 0.567. The van der Waals surface area contributed by atoms with Crippen LogP contribution >= 0.6 is 11.6 Å². The predicted molar refractivity (Wildman–Crippen MR) is 91.4 cm³/mol. The minimum absolute atomic E-state index is 0.102. The van der Waals surface area contributed by atoms with Gasteiger partial charge < -0.3 is 9.80 Å². The van der Waals surface area contributed by atoms with Crippen molar-refractivity contribution >= 4 is 33.4 Å². The van der Waals surface area contributed by atoms with E-state index < -0.39 is 10.0 Å². The highest BCUT2D eigenvalue weighted by Gasteiger charge is 2.23. The Kier molecular flexibility index (Phi) is 6.20. The standard InChI is InChI=1S/C15H20ClN3O4S/c1-24(22,23)17-11-14(20)18-7-2-8-19(10-9-18)15(21)12-3-5-13(16)6-4-12/h3-6,17H,2,7-11H2,1H3. The molecule has 132 valence electrons. The number of carbonyl (C=O) groups is 2. The van der Waals surface area contributed by atoms with Crippen LogP contribution in [0.3, 0.4) is 0 Å². The normalized spacial score (nSPS) is 15.9. The molecule has 0 radical (unpaired) electrons. The Balaban J connectivity index is 1.93. The second kappa shape index (κ2) is 7.96. The SMILES string of the molecule is CS(=O)(=O)NCC(=O)N1CCCN(C(=O)c2ccc(Cl)cc2)CC1. The van der Waals surface area contributed by atoms with E-state index in [-0.39, 0.29) is 18.4 Å². The highest BCUT2D eigenvalue weighted by atomic mass is 35.5. The van der Waals surface area contributed by atoms with Crippen LogP contribution in [0, 0.1) is 0 Å². The molecule has 0 unspecified atom stereocenters. The summed E-state index contributed by atoms with van der Waals surface area (Å²) in [6.07, 6.45) is 1.65. The molecule has 0 aromatic heterocycles. The third-order valence-corrected chi connectivity index (χ3v) is 4.63. The molecule has 0 bridgehead atoms. The van der Waals surface area contributed by atoms with Crippen molar-refractivity contribution in [1.29, 1.82) is 0 Å². The number of rotatable bonds is 4. The quantitative estimate of drug-likeness (QED) is 0.835. The molecular formula is C15H20ClN3O4S. The number of carbonyl (C=O) groups excluding carboxylic acids is 2. The first-order valence-corrected chi connectivity index (χ1v) is 9.80. The average Bonchev–Trinajstić information content (AvgIpc) is 2.78. The highest BCUT2D eigenvalue weighted by Crippen LogP contribution is 2.13. The molecule has 2 rings (SSSR count). The molecule has 0 atom stereocenters. The number of hydrogen-bond acceptors (Lipinski definition) is 4. The number of sulfonamides is 1. The zero-order valence-electron chi connectivity index (χ0n) is 13.4. The summed E-state index contributed by atoms with van der Waals surface area (Å²) in [5.41, 5.74) is 0.554. The largest absolute Gasteiger partial charge is 0.340 e. The average molecular weight is 374 g/mol. The molecule has 1 aliphatic heterocycles. The fraction of sp³-hybridized carbons (Fsp3) is 0.467. The Bertz CT molecular complexity index is 706. The minimum atomic E-state index is -3.40. The summed E-state index contributed by atoms with van der Waals surface area (Å²) < 4.78 is 24.3. The maximum absolute atomic E-state index is 12.5. The van der Waals surface area contributed by atoms with E-state index in [9.17, 15) is 18.0 Å². The van der Waals surface area contributed by atoms with Crippen molar-refractivity contribution in [3.8, 4) is 0 Å². The Hall–Kier alpha value is -1.64. The zero-order chi connectivity index (χ0) is 17.7. The molecule has 1 aromatic carbocycles. The Labute approximate surface area is 146 Å². The van der Waals surface area contributed by atoms with E-state index in [2.05, 4.69) is 4.72 Å². The molecule has 1 fully saturated rings. The van der Waals surface area contributed by atoms with Gasteiger partial charge in [0.05, 0.1) is 12.8 Å². The van der Waals surface area contributed by atoms with Gasteiger partial charge in [-0.1, -0.05) is 11.6 Å². The summed E-state index contributed by atoms with van der Waals surface area (Å²) in [7, 11) is -3.40. The van der Waals surface area contributed by atoms with Gasteiger partial charge in [-0.3, -0.25) is 9.59 Å². The number of hydrogen-bond donors (Lipinski definition) is 1. The maximum Gasteiger partial charge on any atom is 0.253 e.